The SMILES string of the molecule is CCN(CC)C(CNC(=O)C(C)NC(C)=O)c1cccc(OC)c1. The summed E-state index contributed by atoms with van der Waals surface area (Å²) in [4.78, 5) is 25.5. The predicted octanol–water partition coefficient (Wildman–Crippen LogP) is 1.72. The number of benzene rings is 1. The molecule has 0 aromatic heterocycles. The van der Waals surface area contributed by atoms with Gasteiger partial charge in [-0.2, -0.15) is 0 Å². The second kappa shape index (κ2) is 9.93. The minimum atomic E-state index is -0.551. The van der Waals surface area contributed by atoms with E-state index < -0.39 is 6.04 Å². The van der Waals surface area contributed by atoms with Crippen molar-refractivity contribution >= 4 is 11.8 Å². The van der Waals surface area contributed by atoms with E-state index in [1.54, 1.807) is 14.0 Å². The van der Waals surface area contributed by atoms with Crippen LogP contribution in [-0.4, -0.2) is 49.5 Å². The highest BCUT2D eigenvalue weighted by atomic mass is 16.5. The lowest BCUT2D eigenvalue weighted by Crippen LogP contribution is -2.46. The molecule has 0 aliphatic rings. The van der Waals surface area contributed by atoms with Gasteiger partial charge in [0.25, 0.3) is 0 Å². The van der Waals surface area contributed by atoms with Gasteiger partial charge in [-0.1, -0.05) is 26.0 Å². The van der Waals surface area contributed by atoms with Crippen LogP contribution in [0.25, 0.3) is 0 Å². The van der Waals surface area contributed by atoms with Crippen LogP contribution in [0.4, 0.5) is 0 Å². The van der Waals surface area contributed by atoms with Gasteiger partial charge in [0.1, 0.15) is 11.8 Å². The van der Waals surface area contributed by atoms with Crippen molar-refractivity contribution in [3.63, 3.8) is 0 Å². The summed E-state index contributed by atoms with van der Waals surface area (Å²) < 4.78 is 5.31. The van der Waals surface area contributed by atoms with Crippen LogP contribution in [0.1, 0.15) is 39.3 Å². The summed E-state index contributed by atoms with van der Waals surface area (Å²) in [6.07, 6.45) is 0. The second-order valence-corrected chi connectivity index (χ2v) is 5.68. The fourth-order valence-electron chi connectivity index (χ4n) is 2.69. The molecule has 0 aliphatic carbocycles. The maximum atomic E-state index is 12.2. The molecule has 6 nitrogen and oxygen atoms in total. The Kier molecular flexibility index (Phi) is 8.26. The van der Waals surface area contributed by atoms with E-state index in [1.807, 2.05) is 24.3 Å². The summed E-state index contributed by atoms with van der Waals surface area (Å²) in [5, 5.41) is 5.53. The first-order chi connectivity index (χ1) is 11.4. The first kappa shape index (κ1) is 20.0. The van der Waals surface area contributed by atoms with Gasteiger partial charge in [-0.25, -0.2) is 0 Å². The minimum absolute atomic E-state index is 0.0450. The molecule has 6 heteroatoms. The number of hydrogen-bond donors (Lipinski definition) is 2. The molecule has 0 fully saturated rings. The van der Waals surface area contributed by atoms with Crippen LogP contribution in [0.2, 0.25) is 0 Å². The molecule has 0 heterocycles. The largest absolute Gasteiger partial charge is 0.497 e. The number of rotatable bonds is 9. The summed E-state index contributed by atoms with van der Waals surface area (Å²) in [5.74, 6) is 0.388. The lowest BCUT2D eigenvalue weighted by molar-refractivity contribution is -0.127. The van der Waals surface area contributed by atoms with Gasteiger partial charge in [0.2, 0.25) is 11.8 Å². The third-order valence-corrected chi connectivity index (χ3v) is 4.01. The molecule has 0 saturated carbocycles. The van der Waals surface area contributed by atoms with E-state index in [-0.39, 0.29) is 17.9 Å². The van der Waals surface area contributed by atoms with Gasteiger partial charge in [0.15, 0.2) is 0 Å². The van der Waals surface area contributed by atoms with Gasteiger partial charge in [-0.05, 0) is 37.7 Å². The normalized spacial score (nSPS) is 13.2. The number of methoxy groups -OCH3 is 1. The molecule has 2 atom stereocenters. The number of nitrogens with one attached hydrogen (secondary N) is 2. The topological polar surface area (TPSA) is 70.7 Å². The molecular weight excluding hydrogens is 306 g/mol. The van der Waals surface area contributed by atoms with Gasteiger partial charge in [0.05, 0.1) is 13.2 Å². The number of likely N-dealkylation sites (N-methyl/N-ethyl adjacent to an activating group) is 1. The van der Waals surface area contributed by atoms with E-state index in [9.17, 15) is 9.59 Å². The van der Waals surface area contributed by atoms with Gasteiger partial charge >= 0.3 is 0 Å². The zero-order valence-corrected chi connectivity index (χ0v) is 15.3. The van der Waals surface area contributed by atoms with Crippen LogP contribution in [-0.2, 0) is 9.59 Å². The zero-order valence-electron chi connectivity index (χ0n) is 15.3. The highest BCUT2D eigenvalue weighted by molar-refractivity contribution is 5.86. The highest BCUT2D eigenvalue weighted by Gasteiger charge is 2.21. The Balaban J connectivity index is 2.87. The number of carbonyl (C=O) groups is 2. The van der Waals surface area contributed by atoms with E-state index in [4.69, 9.17) is 4.74 Å². The molecule has 134 valence electrons. The molecule has 1 rings (SSSR count). The Bertz CT molecular complexity index is 544. The van der Waals surface area contributed by atoms with Crippen LogP contribution < -0.4 is 15.4 Å². The Hall–Kier alpha value is -2.08. The van der Waals surface area contributed by atoms with Crippen LogP contribution >= 0.6 is 0 Å². The molecule has 24 heavy (non-hydrogen) atoms. The summed E-state index contributed by atoms with van der Waals surface area (Å²) in [5.41, 5.74) is 1.09. The summed E-state index contributed by atoms with van der Waals surface area (Å²) in [7, 11) is 1.64. The highest BCUT2D eigenvalue weighted by Crippen LogP contribution is 2.23. The molecule has 2 N–H and O–H groups in total. The standard InChI is InChI=1S/C18H29N3O3/c1-6-21(7-2)17(15-9-8-10-16(11-15)24-5)12-19-18(23)13(3)20-14(4)22/h8-11,13,17H,6-7,12H2,1-5H3,(H,19,23)(H,20,22). The average Bonchev–Trinajstić information content (AvgIpc) is 2.57. The number of hydrogen-bond acceptors (Lipinski definition) is 4. The van der Waals surface area contributed by atoms with E-state index in [0.29, 0.717) is 6.54 Å². The Labute approximate surface area is 144 Å². The monoisotopic (exact) mass is 335 g/mol. The van der Waals surface area contributed by atoms with Crippen molar-refractivity contribution < 1.29 is 14.3 Å². The van der Waals surface area contributed by atoms with Gasteiger partial charge in [0, 0.05) is 13.5 Å². The van der Waals surface area contributed by atoms with Crippen molar-refractivity contribution in [2.75, 3.05) is 26.7 Å². The zero-order chi connectivity index (χ0) is 18.1. The quantitative estimate of drug-likeness (QED) is 0.721. The van der Waals surface area contributed by atoms with Crippen molar-refractivity contribution in [2.45, 2.75) is 39.8 Å². The van der Waals surface area contributed by atoms with Crippen molar-refractivity contribution in [1.82, 2.24) is 15.5 Å². The molecule has 0 radical (unpaired) electrons. The average molecular weight is 335 g/mol. The maximum absolute atomic E-state index is 12.2. The lowest BCUT2D eigenvalue weighted by atomic mass is 10.0. The summed E-state index contributed by atoms with van der Waals surface area (Å²) >= 11 is 0. The fraction of sp³-hybridized carbons (Fsp3) is 0.556. The Morgan fingerprint density at radius 3 is 2.46 bits per heavy atom. The van der Waals surface area contributed by atoms with Crippen LogP contribution in [0.3, 0.4) is 0 Å². The smallest absolute Gasteiger partial charge is 0.242 e. The molecule has 1 aromatic carbocycles. The second-order valence-electron chi connectivity index (χ2n) is 5.68. The van der Waals surface area contributed by atoms with Gasteiger partial charge in [-0.3, -0.25) is 14.5 Å². The van der Waals surface area contributed by atoms with E-state index >= 15 is 0 Å². The third kappa shape index (κ3) is 5.85. The van der Waals surface area contributed by atoms with Crippen molar-refractivity contribution in [3.05, 3.63) is 29.8 Å². The lowest BCUT2D eigenvalue weighted by Gasteiger charge is -2.31. The molecule has 0 spiro atoms. The summed E-state index contributed by atoms with van der Waals surface area (Å²) in [6.45, 7) is 9.48. The predicted molar refractivity (Wildman–Crippen MR) is 94.9 cm³/mol. The van der Waals surface area contributed by atoms with E-state index in [0.717, 1.165) is 24.4 Å². The van der Waals surface area contributed by atoms with Crippen LogP contribution in [0.15, 0.2) is 24.3 Å². The molecule has 0 aliphatic heterocycles. The fourth-order valence-corrected chi connectivity index (χ4v) is 2.69. The maximum Gasteiger partial charge on any atom is 0.242 e. The number of carbonyl (C=O) groups excluding carboxylic acids is 2. The Morgan fingerprint density at radius 2 is 1.92 bits per heavy atom. The first-order valence-electron chi connectivity index (χ1n) is 8.35. The number of nitrogens with zero attached hydrogens (tertiary/aromatic N) is 1. The third-order valence-electron chi connectivity index (χ3n) is 4.01. The molecule has 2 amide bonds. The van der Waals surface area contributed by atoms with Crippen LogP contribution in [0, 0.1) is 0 Å². The molecule has 2 unspecified atom stereocenters. The molecular formula is C18H29N3O3. The van der Waals surface area contributed by atoms with Gasteiger partial charge < -0.3 is 15.4 Å². The minimum Gasteiger partial charge on any atom is -0.497 e. The van der Waals surface area contributed by atoms with E-state index in [1.165, 1.54) is 6.92 Å². The molecule has 0 bridgehead atoms. The van der Waals surface area contributed by atoms with Crippen LogP contribution in [0.5, 0.6) is 5.75 Å². The molecule has 0 saturated heterocycles. The van der Waals surface area contributed by atoms with E-state index in [2.05, 4.69) is 29.4 Å². The van der Waals surface area contributed by atoms with Crippen molar-refractivity contribution in [3.8, 4) is 5.75 Å². The summed E-state index contributed by atoms with van der Waals surface area (Å²) in [6, 6.07) is 7.38. The van der Waals surface area contributed by atoms with Crippen molar-refractivity contribution in [2.24, 2.45) is 0 Å². The number of ether oxygens (including phenoxy) is 1. The molecule has 1 aromatic rings. The van der Waals surface area contributed by atoms with Crippen molar-refractivity contribution in [1.29, 1.82) is 0 Å². The number of amides is 2. The first-order valence-corrected chi connectivity index (χ1v) is 8.35. The van der Waals surface area contributed by atoms with Gasteiger partial charge in [-0.15, -0.1) is 0 Å². The Morgan fingerprint density at radius 1 is 1.25 bits per heavy atom.